The molecule has 0 saturated heterocycles. The van der Waals surface area contributed by atoms with E-state index in [0.29, 0.717) is 11.4 Å². The van der Waals surface area contributed by atoms with Crippen molar-refractivity contribution >= 4 is 33.3 Å². The lowest BCUT2D eigenvalue weighted by atomic mass is 10.3. The third-order valence-corrected chi connectivity index (χ3v) is 4.80. The number of nitrogens with one attached hydrogen (secondary N) is 1. The zero-order chi connectivity index (χ0) is 18.4. The highest BCUT2D eigenvalue weighted by atomic mass is 35.5. The summed E-state index contributed by atoms with van der Waals surface area (Å²) in [4.78, 5) is 11.0. The molecule has 0 aliphatic heterocycles. The lowest BCUT2D eigenvalue weighted by molar-refractivity contribution is -0.142. The van der Waals surface area contributed by atoms with Gasteiger partial charge in [0, 0.05) is 5.69 Å². The van der Waals surface area contributed by atoms with Crippen LogP contribution < -0.4 is 14.2 Å². The Morgan fingerprint density at radius 3 is 2.36 bits per heavy atom. The molecule has 0 saturated carbocycles. The molecule has 0 aliphatic rings. The highest BCUT2D eigenvalue weighted by Crippen LogP contribution is 2.28. The number of hydrogen-bond acceptors (Lipinski definition) is 6. The van der Waals surface area contributed by atoms with E-state index in [0.717, 1.165) is 0 Å². The maximum Gasteiger partial charge on any atom is 0.343 e. The van der Waals surface area contributed by atoms with Crippen molar-refractivity contribution in [1.29, 1.82) is 0 Å². The lowest BCUT2D eigenvalue weighted by Crippen LogP contribution is -2.14. The first kappa shape index (κ1) is 18.9. The van der Waals surface area contributed by atoms with E-state index >= 15 is 0 Å². The zero-order valence-corrected chi connectivity index (χ0v) is 15.1. The highest BCUT2D eigenvalue weighted by Gasteiger charge is 2.17. The molecule has 0 fully saturated rings. The standard InChI is InChI=1S/C16H16ClNO6S/c1-22-12-5-3-11(4-6-12)18-25(20,21)13-7-8-15(14(17)9-13)24-10-16(19)23-2/h3-9,18H,10H2,1-2H3. The van der Waals surface area contributed by atoms with Gasteiger partial charge in [-0.3, -0.25) is 4.72 Å². The summed E-state index contributed by atoms with van der Waals surface area (Å²) >= 11 is 6.02. The monoisotopic (exact) mass is 385 g/mol. The topological polar surface area (TPSA) is 90.9 Å². The van der Waals surface area contributed by atoms with Gasteiger partial charge in [0.15, 0.2) is 6.61 Å². The number of sulfonamides is 1. The maximum atomic E-state index is 12.4. The van der Waals surface area contributed by atoms with Gasteiger partial charge in [-0.25, -0.2) is 13.2 Å². The van der Waals surface area contributed by atoms with Crippen LogP contribution in [0.1, 0.15) is 0 Å². The second-order valence-corrected chi connectivity index (χ2v) is 6.88. The maximum absolute atomic E-state index is 12.4. The van der Waals surface area contributed by atoms with Gasteiger partial charge in [-0.2, -0.15) is 0 Å². The normalized spacial score (nSPS) is 10.8. The smallest absolute Gasteiger partial charge is 0.343 e. The van der Waals surface area contributed by atoms with E-state index in [-0.39, 0.29) is 22.3 Å². The molecule has 0 unspecified atom stereocenters. The van der Waals surface area contributed by atoms with Crippen molar-refractivity contribution in [3.63, 3.8) is 0 Å². The van der Waals surface area contributed by atoms with Crippen LogP contribution in [0.25, 0.3) is 0 Å². The molecular formula is C16H16ClNO6S. The molecule has 7 nitrogen and oxygen atoms in total. The van der Waals surface area contributed by atoms with Crippen molar-refractivity contribution in [2.45, 2.75) is 4.90 Å². The number of anilines is 1. The van der Waals surface area contributed by atoms with Crippen LogP contribution in [0.4, 0.5) is 5.69 Å². The van der Waals surface area contributed by atoms with Crippen molar-refractivity contribution in [2.75, 3.05) is 25.5 Å². The van der Waals surface area contributed by atoms with Gasteiger partial charge in [-0.15, -0.1) is 0 Å². The van der Waals surface area contributed by atoms with Gasteiger partial charge in [0.2, 0.25) is 0 Å². The summed E-state index contributed by atoms with van der Waals surface area (Å²) in [6.45, 7) is -0.327. The largest absolute Gasteiger partial charge is 0.497 e. The number of carbonyl (C=O) groups is 1. The van der Waals surface area contributed by atoms with Gasteiger partial charge in [-0.1, -0.05) is 11.6 Å². The number of esters is 1. The van der Waals surface area contributed by atoms with Gasteiger partial charge in [0.25, 0.3) is 10.0 Å². The predicted octanol–water partition coefficient (Wildman–Crippen LogP) is 2.70. The Balaban J connectivity index is 2.15. The van der Waals surface area contributed by atoms with Gasteiger partial charge in [-0.05, 0) is 42.5 Å². The fourth-order valence-electron chi connectivity index (χ4n) is 1.83. The van der Waals surface area contributed by atoms with Crippen molar-refractivity contribution in [3.8, 4) is 11.5 Å². The predicted molar refractivity (Wildman–Crippen MR) is 92.8 cm³/mol. The molecule has 25 heavy (non-hydrogen) atoms. The fraction of sp³-hybridized carbons (Fsp3) is 0.188. The summed E-state index contributed by atoms with van der Waals surface area (Å²) in [5, 5.41) is 0.0570. The van der Waals surface area contributed by atoms with E-state index < -0.39 is 16.0 Å². The number of hydrogen-bond donors (Lipinski definition) is 1. The van der Waals surface area contributed by atoms with Crippen molar-refractivity contribution < 1.29 is 27.4 Å². The minimum absolute atomic E-state index is 0.0428. The second kappa shape index (κ2) is 8.09. The number of ether oxygens (including phenoxy) is 3. The van der Waals surface area contributed by atoms with E-state index in [2.05, 4.69) is 9.46 Å². The molecule has 0 bridgehead atoms. The Morgan fingerprint density at radius 2 is 1.80 bits per heavy atom. The minimum atomic E-state index is -3.83. The summed E-state index contributed by atoms with van der Waals surface area (Å²) in [6, 6.07) is 10.3. The van der Waals surface area contributed by atoms with E-state index in [1.807, 2.05) is 0 Å². The van der Waals surface area contributed by atoms with Crippen LogP contribution in [0, 0.1) is 0 Å². The van der Waals surface area contributed by atoms with Crippen LogP contribution in [-0.4, -0.2) is 35.2 Å². The van der Waals surface area contributed by atoms with Gasteiger partial charge in [0.05, 0.1) is 24.1 Å². The minimum Gasteiger partial charge on any atom is -0.497 e. The molecule has 0 heterocycles. The first-order chi connectivity index (χ1) is 11.9. The quantitative estimate of drug-likeness (QED) is 0.737. The van der Waals surface area contributed by atoms with Gasteiger partial charge < -0.3 is 14.2 Å². The zero-order valence-electron chi connectivity index (χ0n) is 13.5. The van der Waals surface area contributed by atoms with E-state index in [4.69, 9.17) is 21.1 Å². The van der Waals surface area contributed by atoms with Gasteiger partial charge >= 0.3 is 5.97 Å². The van der Waals surface area contributed by atoms with Crippen LogP contribution in [0.3, 0.4) is 0 Å². The number of halogens is 1. The van der Waals surface area contributed by atoms with Crippen LogP contribution >= 0.6 is 11.6 Å². The van der Waals surface area contributed by atoms with Crippen LogP contribution in [0.2, 0.25) is 5.02 Å². The summed E-state index contributed by atoms with van der Waals surface area (Å²) in [5.41, 5.74) is 0.378. The molecule has 9 heteroatoms. The molecule has 1 N–H and O–H groups in total. The molecule has 0 amide bonds. The van der Waals surface area contributed by atoms with Crippen molar-refractivity contribution in [2.24, 2.45) is 0 Å². The number of rotatable bonds is 7. The van der Waals surface area contributed by atoms with E-state index in [1.54, 1.807) is 24.3 Å². The number of carbonyl (C=O) groups excluding carboxylic acids is 1. The molecular weight excluding hydrogens is 370 g/mol. The average molecular weight is 386 g/mol. The number of methoxy groups -OCH3 is 2. The molecule has 0 radical (unpaired) electrons. The third kappa shape index (κ3) is 5.01. The van der Waals surface area contributed by atoms with Crippen molar-refractivity contribution in [1.82, 2.24) is 0 Å². The van der Waals surface area contributed by atoms with Gasteiger partial charge in [0.1, 0.15) is 11.5 Å². The Bertz CT molecular complexity index is 851. The SMILES string of the molecule is COC(=O)COc1ccc(S(=O)(=O)Nc2ccc(OC)cc2)cc1Cl. The van der Waals surface area contributed by atoms with E-state index in [9.17, 15) is 13.2 Å². The molecule has 2 aromatic carbocycles. The van der Waals surface area contributed by atoms with Crippen molar-refractivity contribution in [3.05, 3.63) is 47.5 Å². The fourth-order valence-corrected chi connectivity index (χ4v) is 3.22. The molecule has 0 spiro atoms. The Kier molecular flexibility index (Phi) is 6.11. The molecule has 134 valence electrons. The molecule has 2 rings (SSSR count). The first-order valence-corrected chi connectivity index (χ1v) is 8.88. The van der Waals surface area contributed by atoms with Crippen LogP contribution in [0.15, 0.2) is 47.4 Å². The molecule has 0 atom stereocenters. The summed E-state index contributed by atoms with van der Waals surface area (Å²) < 4.78 is 41.9. The third-order valence-electron chi connectivity index (χ3n) is 3.13. The summed E-state index contributed by atoms with van der Waals surface area (Å²) in [5.74, 6) is 0.211. The first-order valence-electron chi connectivity index (χ1n) is 7.02. The second-order valence-electron chi connectivity index (χ2n) is 4.79. The lowest BCUT2D eigenvalue weighted by Gasteiger charge is -2.11. The Hall–Kier alpha value is -2.45. The highest BCUT2D eigenvalue weighted by molar-refractivity contribution is 7.92. The molecule has 2 aromatic rings. The summed E-state index contributed by atoms with van der Waals surface area (Å²) in [6.07, 6.45) is 0. The molecule has 0 aromatic heterocycles. The van der Waals surface area contributed by atoms with E-state index in [1.165, 1.54) is 32.4 Å². The Labute approximate surface area is 150 Å². The van der Waals surface area contributed by atoms with Crippen LogP contribution in [-0.2, 0) is 19.6 Å². The number of benzene rings is 2. The Morgan fingerprint density at radius 1 is 1.12 bits per heavy atom. The molecule has 0 aliphatic carbocycles. The average Bonchev–Trinajstić information content (AvgIpc) is 2.60. The summed E-state index contributed by atoms with van der Waals surface area (Å²) in [7, 11) is -1.08. The van der Waals surface area contributed by atoms with Crippen LogP contribution in [0.5, 0.6) is 11.5 Å².